The third-order valence-corrected chi connectivity index (χ3v) is 3.05. The average Bonchev–Trinajstić information content (AvgIpc) is 2.51. The zero-order chi connectivity index (χ0) is 16.8. The van der Waals surface area contributed by atoms with Crippen molar-refractivity contribution in [2.75, 3.05) is 0 Å². The molecule has 2 aromatic rings. The van der Waals surface area contributed by atoms with Gasteiger partial charge >= 0.3 is 0 Å². The fraction of sp³-hybridized carbons (Fsp3) is 0.133. The van der Waals surface area contributed by atoms with Gasteiger partial charge in [-0.05, 0) is 13.0 Å². The summed E-state index contributed by atoms with van der Waals surface area (Å²) in [5.74, 6) is -0.476. The van der Waals surface area contributed by atoms with Gasteiger partial charge in [0.2, 0.25) is 0 Å². The van der Waals surface area contributed by atoms with E-state index in [-0.39, 0.29) is 17.8 Å². The van der Waals surface area contributed by atoms with Crippen LogP contribution in [0.3, 0.4) is 0 Å². The molecule has 0 aliphatic heterocycles. The zero-order valence-corrected chi connectivity index (χ0v) is 12.3. The predicted octanol–water partition coefficient (Wildman–Crippen LogP) is 1.22. The largest absolute Gasteiger partial charge is 0.306 e. The first-order valence-corrected chi connectivity index (χ1v) is 6.70. The molecule has 23 heavy (non-hydrogen) atoms. The fourth-order valence-corrected chi connectivity index (χ4v) is 1.86. The second-order valence-electron chi connectivity index (χ2n) is 4.76. The first-order chi connectivity index (χ1) is 11.0. The van der Waals surface area contributed by atoms with Crippen LogP contribution in [-0.2, 0) is 11.3 Å². The number of hydrazone groups is 1. The quantitative estimate of drug-likeness (QED) is 0.508. The van der Waals surface area contributed by atoms with Crippen LogP contribution in [0.5, 0.6) is 0 Å². The average molecular weight is 314 g/mol. The number of nitrogens with zero attached hydrogens (tertiary/aromatic N) is 3. The first-order valence-electron chi connectivity index (χ1n) is 6.70. The lowest BCUT2D eigenvalue weighted by molar-refractivity contribution is -0.385. The van der Waals surface area contributed by atoms with Crippen LogP contribution in [0.1, 0.15) is 11.1 Å². The Balaban J connectivity index is 2.00. The van der Waals surface area contributed by atoms with Gasteiger partial charge < -0.3 is 4.57 Å². The second-order valence-corrected chi connectivity index (χ2v) is 4.76. The summed E-state index contributed by atoms with van der Waals surface area (Å²) in [6.45, 7) is 1.48. The maximum Gasteiger partial charge on any atom is 0.272 e. The van der Waals surface area contributed by atoms with E-state index < -0.39 is 10.8 Å². The van der Waals surface area contributed by atoms with Gasteiger partial charge in [-0.25, -0.2) is 5.43 Å². The normalized spacial score (nSPS) is 10.7. The molecule has 0 saturated heterocycles. The number of aryl methyl sites for hydroxylation is 1. The molecular formula is C15H14N4O4. The maximum atomic E-state index is 11.7. The number of hydrogen-bond donors (Lipinski definition) is 1. The molecular weight excluding hydrogens is 300 g/mol. The summed E-state index contributed by atoms with van der Waals surface area (Å²) in [6.07, 6.45) is 2.80. The molecule has 0 fully saturated rings. The van der Waals surface area contributed by atoms with E-state index in [0.717, 1.165) is 0 Å². The van der Waals surface area contributed by atoms with Crippen LogP contribution < -0.4 is 11.0 Å². The van der Waals surface area contributed by atoms with Gasteiger partial charge in [-0.1, -0.05) is 18.2 Å². The van der Waals surface area contributed by atoms with Crippen molar-refractivity contribution >= 4 is 17.8 Å². The number of carbonyl (C=O) groups excluding carboxylic acids is 1. The molecule has 1 N–H and O–H groups in total. The van der Waals surface area contributed by atoms with Gasteiger partial charge in [0.1, 0.15) is 6.54 Å². The molecule has 8 nitrogen and oxygen atoms in total. The van der Waals surface area contributed by atoms with Crippen molar-refractivity contribution in [3.8, 4) is 0 Å². The number of hydrogen-bond acceptors (Lipinski definition) is 5. The van der Waals surface area contributed by atoms with Gasteiger partial charge in [-0.15, -0.1) is 0 Å². The fourth-order valence-electron chi connectivity index (χ4n) is 1.86. The highest BCUT2D eigenvalue weighted by atomic mass is 16.6. The molecule has 0 unspecified atom stereocenters. The van der Waals surface area contributed by atoms with E-state index >= 15 is 0 Å². The lowest BCUT2D eigenvalue weighted by atomic mass is 10.1. The van der Waals surface area contributed by atoms with Crippen LogP contribution in [0.2, 0.25) is 0 Å². The number of nitro groups is 1. The van der Waals surface area contributed by atoms with Crippen molar-refractivity contribution in [2.24, 2.45) is 5.10 Å². The Labute approximate surface area is 131 Å². The Morgan fingerprint density at radius 3 is 2.87 bits per heavy atom. The second kappa shape index (κ2) is 7.12. The highest BCUT2D eigenvalue weighted by Crippen LogP contribution is 2.18. The number of rotatable bonds is 5. The number of carbonyl (C=O) groups is 1. The van der Waals surface area contributed by atoms with Crippen LogP contribution in [0.25, 0.3) is 0 Å². The van der Waals surface area contributed by atoms with E-state index in [1.807, 2.05) is 0 Å². The van der Waals surface area contributed by atoms with Gasteiger partial charge in [-0.3, -0.25) is 19.7 Å². The Kier molecular flexibility index (Phi) is 4.98. The van der Waals surface area contributed by atoms with E-state index in [1.165, 1.54) is 29.1 Å². The zero-order valence-electron chi connectivity index (χ0n) is 12.3. The molecule has 118 valence electrons. The van der Waals surface area contributed by atoms with E-state index in [9.17, 15) is 19.7 Å². The predicted molar refractivity (Wildman–Crippen MR) is 84.3 cm³/mol. The highest BCUT2D eigenvalue weighted by molar-refractivity contribution is 5.83. The van der Waals surface area contributed by atoms with Gasteiger partial charge in [0.15, 0.2) is 0 Å². The summed E-state index contributed by atoms with van der Waals surface area (Å²) in [5, 5.41) is 14.6. The maximum absolute atomic E-state index is 11.7. The molecule has 0 aliphatic rings. The minimum atomic E-state index is -0.479. The lowest BCUT2D eigenvalue weighted by Gasteiger charge is -2.03. The van der Waals surface area contributed by atoms with E-state index in [2.05, 4.69) is 10.5 Å². The van der Waals surface area contributed by atoms with Crippen molar-refractivity contribution in [1.29, 1.82) is 0 Å². The van der Waals surface area contributed by atoms with Gasteiger partial charge in [-0.2, -0.15) is 5.10 Å². The van der Waals surface area contributed by atoms with Crippen LogP contribution in [0, 0.1) is 17.0 Å². The number of nitrogens with one attached hydrogen (secondary N) is 1. The molecule has 1 heterocycles. The monoisotopic (exact) mass is 314 g/mol. The minimum absolute atomic E-state index is 0.0175. The van der Waals surface area contributed by atoms with Crippen molar-refractivity contribution in [3.05, 3.63) is 74.2 Å². The number of pyridine rings is 1. The standard InChI is InChI=1S/C15H14N4O4/c1-11-5-6-12(8-13(11)19(22)23)9-16-17-14(20)10-18-7-3-2-4-15(18)21/h2-9H,10H2,1H3,(H,17,20)/b16-9-. The van der Waals surface area contributed by atoms with Crippen molar-refractivity contribution in [2.45, 2.75) is 13.5 Å². The molecule has 0 spiro atoms. The van der Waals surface area contributed by atoms with E-state index in [0.29, 0.717) is 11.1 Å². The molecule has 2 rings (SSSR count). The Hall–Kier alpha value is -3.29. The summed E-state index contributed by atoms with van der Waals surface area (Å²) in [4.78, 5) is 33.5. The number of aromatic nitrogens is 1. The van der Waals surface area contributed by atoms with Crippen LogP contribution >= 0.6 is 0 Å². The van der Waals surface area contributed by atoms with Crippen molar-refractivity contribution in [1.82, 2.24) is 9.99 Å². The third-order valence-electron chi connectivity index (χ3n) is 3.05. The van der Waals surface area contributed by atoms with Gasteiger partial charge in [0.25, 0.3) is 17.2 Å². The molecule has 0 bridgehead atoms. The SMILES string of the molecule is Cc1ccc(/C=N\NC(=O)Cn2ccccc2=O)cc1[N+](=O)[O-]. The lowest BCUT2D eigenvalue weighted by Crippen LogP contribution is -2.28. The molecule has 0 saturated carbocycles. The minimum Gasteiger partial charge on any atom is -0.306 e. The molecule has 8 heteroatoms. The van der Waals surface area contributed by atoms with Crippen molar-refractivity contribution in [3.63, 3.8) is 0 Å². The van der Waals surface area contributed by atoms with E-state index in [4.69, 9.17) is 0 Å². The molecule has 0 aliphatic carbocycles. The van der Waals surface area contributed by atoms with Gasteiger partial charge in [0, 0.05) is 29.5 Å². The van der Waals surface area contributed by atoms with Gasteiger partial charge in [0.05, 0.1) is 11.1 Å². The number of amides is 1. The molecule has 0 atom stereocenters. The summed E-state index contributed by atoms with van der Waals surface area (Å²) in [5.41, 5.74) is 2.99. The smallest absolute Gasteiger partial charge is 0.272 e. The summed E-state index contributed by atoms with van der Waals surface area (Å²) in [6, 6.07) is 9.20. The topological polar surface area (TPSA) is 107 Å². The van der Waals surface area contributed by atoms with Crippen LogP contribution in [0.4, 0.5) is 5.69 Å². The van der Waals surface area contributed by atoms with Crippen LogP contribution in [-0.4, -0.2) is 21.6 Å². The summed E-state index contributed by atoms with van der Waals surface area (Å²) >= 11 is 0. The highest BCUT2D eigenvalue weighted by Gasteiger charge is 2.10. The Morgan fingerprint density at radius 2 is 2.17 bits per heavy atom. The first kappa shape index (κ1) is 16.1. The Morgan fingerprint density at radius 1 is 1.39 bits per heavy atom. The molecule has 0 radical (unpaired) electrons. The molecule has 1 aromatic heterocycles. The number of nitro benzene ring substituents is 1. The molecule has 1 aromatic carbocycles. The van der Waals surface area contributed by atoms with Crippen LogP contribution in [0.15, 0.2) is 52.5 Å². The third kappa shape index (κ3) is 4.34. The Bertz CT molecular complexity index is 826. The van der Waals surface area contributed by atoms with Crippen molar-refractivity contribution < 1.29 is 9.72 Å². The summed E-state index contributed by atoms with van der Waals surface area (Å²) in [7, 11) is 0. The summed E-state index contributed by atoms with van der Waals surface area (Å²) < 4.78 is 1.24. The number of benzene rings is 1. The molecule has 1 amide bonds. The van der Waals surface area contributed by atoms with E-state index in [1.54, 1.807) is 31.2 Å².